The highest BCUT2D eigenvalue weighted by Crippen LogP contribution is 2.37. The zero-order valence-electron chi connectivity index (χ0n) is 8.50. The molecule has 0 aromatic rings. The van der Waals surface area contributed by atoms with Gasteiger partial charge in [0.05, 0.1) is 0 Å². The van der Waals surface area contributed by atoms with Crippen LogP contribution in [0.2, 0.25) is 0 Å². The van der Waals surface area contributed by atoms with E-state index in [1.54, 1.807) is 0 Å². The number of amides is 1. The highest BCUT2D eigenvalue weighted by molar-refractivity contribution is 5.84. The van der Waals surface area contributed by atoms with Crippen LogP contribution in [0.25, 0.3) is 0 Å². The third kappa shape index (κ3) is 1.56. The summed E-state index contributed by atoms with van der Waals surface area (Å²) in [5, 5.41) is 10.1. The molecule has 1 fully saturated rings. The number of rotatable bonds is 1. The first kappa shape index (κ1) is 10.5. The highest BCUT2D eigenvalue weighted by Gasteiger charge is 2.51. The first-order chi connectivity index (χ1) is 5.79. The number of hydrogen-bond acceptors (Lipinski definition) is 3. The van der Waals surface area contributed by atoms with Crippen molar-refractivity contribution in [3.63, 3.8) is 0 Å². The Balaban J connectivity index is 2.92. The van der Waals surface area contributed by atoms with Gasteiger partial charge in [-0.1, -0.05) is 13.8 Å². The normalized spacial score (nSPS) is 34.5. The molecule has 13 heavy (non-hydrogen) atoms. The van der Waals surface area contributed by atoms with Crippen LogP contribution in [0.3, 0.4) is 0 Å². The lowest BCUT2D eigenvalue weighted by Gasteiger charge is -2.47. The van der Waals surface area contributed by atoms with Crippen LogP contribution in [0.15, 0.2) is 0 Å². The summed E-state index contributed by atoms with van der Waals surface area (Å²) in [4.78, 5) is 13.2. The molecule has 1 aliphatic rings. The molecule has 1 aliphatic heterocycles. The Morgan fingerprint density at radius 3 is 2.46 bits per heavy atom. The predicted octanol–water partition coefficient (Wildman–Crippen LogP) is -0.435. The molecule has 0 aromatic carbocycles. The number of primary amides is 1. The van der Waals surface area contributed by atoms with Crippen molar-refractivity contribution in [3.8, 4) is 0 Å². The minimum absolute atomic E-state index is 0.422. The number of hydrogen-bond donors (Lipinski definition) is 2. The molecule has 4 heteroatoms. The van der Waals surface area contributed by atoms with Crippen molar-refractivity contribution in [3.05, 3.63) is 0 Å². The van der Waals surface area contributed by atoms with Gasteiger partial charge in [-0.25, -0.2) is 0 Å². The molecule has 0 saturated carbocycles. The SMILES string of the molecule is CN1CCC(O)(C(N)=O)C(C)(C)C1. The number of nitrogens with zero attached hydrogens (tertiary/aromatic N) is 1. The molecule has 1 unspecified atom stereocenters. The number of carbonyl (C=O) groups excluding carboxylic acids is 1. The fourth-order valence-electron chi connectivity index (χ4n) is 2.03. The summed E-state index contributed by atoms with van der Waals surface area (Å²) < 4.78 is 0. The van der Waals surface area contributed by atoms with E-state index in [4.69, 9.17) is 5.73 Å². The smallest absolute Gasteiger partial charge is 0.250 e. The summed E-state index contributed by atoms with van der Waals surface area (Å²) in [6.45, 7) is 5.14. The maximum atomic E-state index is 11.2. The quantitative estimate of drug-likeness (QED) is 0.583. The fourth-order valence-corrected chi connectivity index (χ4v) is 2.03. The molecule has 0 aliphatic carbocycles. The lowest BCUT2D eigenvalue weighted by Crippen LogP contribution is -2.62. The summed E-state index contributed by atoms with van der Waals surface area (Å²) >= 11 is 0. The fraction of sp³-hybridized carbons (Fsp3) is 0.889. The number of carbonyl (C=O) groups is 1. The van der Waals surface area contributed by atoms with Gasteiger partial charge >= 0.3 is 0 Å². The maximum Gasteiger partial charge on any atom is 0.250 e. The standard InChI is InChI=1S/C9H18N2O2/c1-8(2)6-11(3)5-4-9(8,13)7(10)12/h13H,4-6H2,1-3H3,(H2,10,12). The topological polar surface area (TPSA) is 66.6 Å². The zero-order valence-corrected chi connectivity index (χ0v) is 8.50. The number of nitrogens with two attached hydrogens (primary N) is 1. The van der Waals surface area contributed by atoms with E-state index in [9.17, 15) is 9.90 Å². The molecule has 0 bridgehead atoms. The minimum atomic E-state index is -1.35. The average Bonchev–Trinajstić information content (AvgIpc) is 1.96. The second-order valence-corrected chi connectivity index (χ2v) is 4.60. The first-order valence-corrected chi connectivity index (χ1v) is 4.50. The Bertz CT molecular complexity index is 228. The summed E-state index contributed by atoms with van der Waals surface area (Å²) in [6.07, 6.45) is 0.422. The first-order valence-electron chi connectivity index (χ1n) is 4.50. The lowest BCUT2D eigenvalue weighted by molar-refractivity contribution is -0.160. The van der Waals surface area contributed by atoms with Gasteiger partial charge in [0.25, 0.3) is 0 Å². The molecule has 1 rings (SSSR count). The number of piperidine rings is 1. The molecule has 76 valence electrons. The van der Waals surface area contributed by atoms with Crippen LogP contribution in [-0.4, -0.2) is 41.7 Å². The van der Waals surface area contributed by atoms with Crippen LogP contribution in [0.1, 0.15) is 20.3 Å². The van der Waals surface area contributed by atoms with Gasteiger partial charge in [0.1, 0.15) is 5.60 Å². The van der Waals surface area contributed by atoms with Gasteiger partial charge < -0.3 is 15.7 Å². The second-order valence-electron chi connectivity index (χ2n) is 4.60. The van der Waals surface area contributed by atoms with Crippen LogP contribution in [-0.2, 0) is 4.79 Å². The van der Waals surface area contributed by atoms with Gasteiger partial charge in [0.2, 0.25) is 5.91 Å². The molecule has 3 N–H and O–H groups in total. The highest BCUT2D eigenvalue weighted by atomic mass is 16.3. The molecule has 0 spiro atoms. The van der Waals surface area contributed by atoms with E-state index in [2.05, 4.69) is 4.90 Å². The van der Waals surface area contributed by atoms with Crippen LogP contribution < -0.4 is 5.73 Å². The molecule has 4 nitrogen and oxygen atoms in total. The molecule has 1 atom stereocenters. The molecule has 1 saturated heterocycles. The Kier molecular flexibility index (Phi) is 2.38. The second kappa shape index (κ2) is 2.96. The van der Waals surface area contributed by atoms with Crippen LogP contribution in [0.4, 0.5) is 0 Å². The van der Waals surface area contributed by atoms with E-state index in [1.807, 2.05) is 20.9 Å². The predicted molar refractivity (Wildman–Crippen MR) is 50.0 cm³/mol. The van der Waals surface area contributed by atoms with Gasteiger partial charge in [-0.05, 0) is 13.5 Å². The van der Waals surface area contributed by atoms with Gasteiger partial charge in [-0.2, -0.15) is 0 Å². The summed E-state index contributed by atoms with van der Waals surface area (Å²) in [5.41, 5.74) is 3.40. The van der Waals surface area contributed by atoms with E-state index in [-0.39, 0.29) is 0 Å². The molecular weight excluding hydrogens is 168 g/mol. The minimum Gasteiger partial charge on any atom is -0.379 e. The molecule has 0 aromatic heterocycles. The zero-order chi connectivity index (χ0) is 10.3. The van der Waals surface area contributed by atoms with Crippen molar-refractivity contribution in [1.29, 1.82) is 0 Å². The molecule has 1 heterocycles. The number of aliphatic hydroxyl groups is 1. The van der Waals surface area contributed by atoms with E-state index >= 15 is 0 Å². The number of likely N-dealkylation sites (tertiary alicyclic amines) is 1. The van der Waals surface area contributed by atoms with Crippen molar-refractivity contribution in [1.82, 2.24) is 4.90 Å². The van der Waals surface area contributed by atoms with Gasteiger partial charge in [0.15, 0.2) is 0 Å². The summed E-state index contributed by atoms with van der Waals surface area (Å²) in [5.74, 6) is -0.606. The lowest BCUT2D eigenvalue weighted by atomic mass is 9.69. The molecule has 0 radical (unpaired) electrons. The van der Waals surface area contributed by atoms with Crippen molar-refractivity contribution in [2.45, 2.75) is 25.9 Å². The molecule has 1 amide bonds. The summed E-state index contributed by atoms with van der Waals surface area (Å²) in [7, 11) is 1.97. The van der Waals surface area contributed by atoms with Crippen LogP contribution in [0, 0.1) is 5.41 Å². The van der Waals surface area contributed by atoms with Crippen molar-refractivity contribution in [2.75, 3.05) is 20.1 Å². The van der Waals surface area contributed by atoms with E-state index in [0.29, 0.717) is 19.5 Å². The van der Waals surface area contributed by atoms with Crippen LogP contribution in [0.5, 0.6) is 0 Å². The average molecular weight is 186 g/mol. The van der Waals surface area contributed by atoms with Gasteiger partial charge in [0, 0.05) is 18.5 Å². The Morgan fingerprint density at radius 2 is 2.08 bits per heavy atom. The van der Waals surface area contributed by atoms with E-state index in [0.717, 1.165) is 0 Å². The van der Waals surface area contributed by atoms with Crippen molar-refractivity contribution in [2.24, 2.45) is 11.1 Å². The maximum absolute atomic E-state index is 11.2. The van der Waals surface area contributed by atoms with E-state index < -0.39 is 16.9 Å². The van der Waals surface area contributed by atoms with E-state index in [1.165, 1.54) is 0 Å². The van der Waals surface area contributed by atoms with Gasteiger partial charge in [-0.3, -0.25) is 4.79 Å². The Morgan fingerprint density at radius 1 is 1.54 bits per heavy atom. The van der Waals surface area contributed by atoms with Gasteiger partial charge in [-0.15, -0.1) is 0 Å². The van der Waals surface area contributed by atoms with Crippen LogP contribution >= 0.6 is 0 Å². The van der Waals surface area contributed by atoms with Crippen molar-refractivity contribution < 1.29 is 9.90 Å². The Hall–Kier alpha value is -0.610. The van der Waals surface area contributed by atoms with Crippen molar-refractivity contribution >= 4 is 5.91 Å². The summed E-state index contributed by atoms with van der Waals surface area (Å²) in [6, 6.07) is 0. The largest absolute Gasteiger partial charge is 0.379 e. The monoisotopic (exact) mass is 186 g/mol. The Labute approximate surface area is 78.7 Å². The third-order valence-electron chi connectivity index (χ3n) is 3.05. The third-order valence-corrected chi connectivity index (χ3v) is 3.05. The molecular formula is C9H18N2O2.